The first-order valence-electron chi connectivity index (χ1n) is 16.5. The summed E-state index contributed by atoms with van der Waals surface area (Å²) in [4.78, 5) is 15.8. The van der Waals surface area contributed by atoms with Gasteiger partial charge in [0.05, 0.1) is 16.6 Å². The van der Waals surface area contributed by atoms with Gasteiger partial charge >= 0.3 is 0 Å². The van der Waals surface area contributed by atoms with E-state index in [-0.39, 0.29) is 0 Å². The Morgan fingerprint density at radius 3 is 1.18 bits per heavy atom. The Morgan fingerprint density at radius 2 is 0.694 bits per heavy atom. The van der Waals surface area contributed by atoms with Crippen LogP contribution in [-0.2, 0) is 0 Å². The Labute approximate surface area is 283 Å². The third-order valence-electron chi connectivity index (χ3n) is 9.60. The molecule has 10 aromatic rings. The SMILES string of the molecule is c1ccc(-c2ccccc2-c2nc(-c3cc4c5ccccc5n5c6ccccc6c(c3)c45)nc(-c3ccccc3-c3ccccc3)n2)cc1. The highest BCUT2D eigenvalue weighted by atomic mass is 15.0. The van der Waals surface area contributed by atoms with Crippen molar-refractivity contribution in [2.75, 3.05) is 0 Å². The maximum Gasteiger partial charge on any atom is 0.164 e. The highest BCUT2D eigenvalue weighted by Crippen LogP contribution is 2.42. The molecule has 3 heterocycles. The third-order valence-corrected chi connectivity index (χ3v) is 9.60. The van der Waals surface area contributed by atoms with Gasteiger partial charge in [-0.3, -0.25) is 0 Å². The van der Waals surface area contributed by atoms with E-state index < -0.39 is 0 Å². The normalized spacial score (nSPS) is 11.7. The molecule has 0 saturated carbocycles. The molecular weight excluding hydrogens is 597 g/mol. The molecule has 49 heavy (non-hydrogen) atoms. The molecule has 0 saturated heterocycles. The molecule has 0 N–H and O–H groups in total. The number of hydrogen-bond donors (Lipinski definition) is 0. The molecule has 228 valence electrons. The number of fused-ring (bicyclic) bond motifs is 6. The van der Waals surface area contributed by atoms with E-state index in [1.54, 1.807) is 0 Å². The summed E-state index contributed by atoms with van der Waals surface area (Å²) in [6.45, 7) is 0. The average molecular weight is 625 g/mol. The van der Waals surface area contributed by atoms with Gasteiger partial charge in [-0.05, 0) is 46.5 Å². The quantitative estimate of drug-likeness (QED) is 0.191. The topological polar surface area (TPSA) is 43.1 Å². The van der Waals surface area contributed by atoms with Crippen molar-refractivity contribution in [1.29, 1.82) is 0 Å². The molecule has 0 radical (unpaired) electrons. The molecule has 3 aromatic heterocycles. The van der Waals surface area contributed by atoms with E-state index >= 15 is 0 Å². The molecule has 0 spiro atoms. The Bertz CT molecular complexity index is 2630. The minimum absolute atomic E-state index is 0.640. The molecule has 0 unspecified atom stereocenters. The zero-order valence-corrected chi connectivity index (χ0v) is 26.5. The number of nitrogens with zero attached hydrogens (tertiary/aromatic N) is 4. The van der Waals surface area contributed by atoms with Crippen LogP contribution in [0.4, 0.5) is 0 Å². The van der Waals surface area contributed by atoms with Gasteiger partial charge in [0, 0.05) is 38.2 Å². The van der Waals surface area contributed by atoms with E-state index in [0.29, 0.717) is 17.5 Å². The smallest absolute Gasteiger partial charge is 0.164 e. The predicted molar refractivity (Wildman–Crippen MR) is 202 cm³/mol. The summed E-state index contributed by atoms with van der Waals surface area (Å²) in [5.74, 6) is 1.92. The summed E-state index contributed by atoms with van der Waals surface area (Å²) in [6.07, 6.45) is 0. The van der Waals surface area contributed by atoms with Crippen molar-refractivity contribution in [3.05, 3.63) is 170 Å². The maximum absolute atomic E-state index is 5.28. The number of para-hydroxylation sites is 2. The molecule has 4 heteroatoms. The lowest BCUT2D eigenvalue weighted by Gasteiger charge is -2.14. The first-order chi connectivity index (χ1) is 24.3. The Balaban J connectivity index is 1.28. The molecule has 0 amide bonds. The Kier molecular flexibility index (Phi) is 6.15. The second-order valence-electron chi connectivity index (χ2n) is 12.4. The van der Waals surface area contributed by atoms with Gasteiger partial charge < -0.3 is 4.40 Å². The molecule has 0 bridgehead atoms. The Morgan fingerprint density at radius 1 is 0.306 bits per heavy atom. The fraction of sp³-hybridized carbons (Fsp3) is 0. The summed E-state index contributed by atoms with van der Waals surface area (Å²) in [7, 11) is 0. The molecule has 0 aliphatic rings. The van der Waals surface area contributed by atoms with Crippen LogP contribution in [0.25, 0.3) is 94.5 Å². The molecule has 0 aliphatic heterocycles. The zero-order valence-electron chi connectivity index (χ0n) is 26.5. The lowest BCUT2D eigenvalue weighted by Crippen LogP contribution is -2.02. The van der Waals surface area contributed by atoms with Gasteiger partial charge in [-0.15, -0.1) is 0 Å². The standard InChI is InChI=1S/C45H28N4/c1-3-15-29(16-4-1)32-19-7-9-23-36(32)44-46-43(47-45(48-44)37-24-10-8-20-33(37)30-17-5-2-6-18-30)31-27-38-34-21-11-13-25-40(34)49-41-26-14-12-22-35(41)39(28-31)42(38)49/h1-28H. The van der Waals surface area contributed by atoms with Crippen LogP contribution in [0.15, 0.2) is 170 Å². The van der Waals surface area contributed by atoms with E-state index in [4.69, 9.17) is 15.0 Å². The van der Waals surface area contributed by atoms with E-state index in [9.17, 15) is 0 Å². The Hall–Kier alpha value is -6.65. The van der Waals surface area contributed by atoms with Crippen LogP contribution in [-0.4, -0.2) is 19.4 Å². The minimum Gasteiger partial charge on any atom is -0.308 e. The number of hydrogen-bond acceptors (Lipinski definition) is 3. The van der Waals surface area contributed by atoms with Crippen LogP contribution in [0.1, 0.15) is 0 Å². The predicted octanol–water partition coefficient (Wildman–Crippen LogP) is 11.4. The van der Waals surface area contributed by atoms with E-state index in [1.165, 1.54) is 38.1 Å². The van der Waals surface area contributed by atoms with Crippen LogP contribution in [0, 0.1) is 0 Å². The van der Waals surface area contributed by atoms with Gasteiger partial charge in [-0.1, -0.05) is 146 Å². The van der Waals surface area contributed by atoms with Crippen LogP contribution >= 0.6 is 0 Å². The van der Waals surface area contributed by atoms with Gasteiger partial charge in [-0.2, -0.15) is 0 Å². The molecule has 7 aromatic carbocycles. The number of aromatic nitrogens is 4. The number of benzene rings is 7. The van der Waals surface area contributed by atoms with Crippen LogP contribution in [0.3, 0.4) is 0 Å². The third kappa shape index (κ3) is 4.35. The summed E-state index contributed by atoms with van der Waals surface area (Å²) in [5.41, 5.74) is 10.9. The van der Waals surface area contributed by atoms with Crippen LogP contribution in [0.5, 0.6) is 0 Å². The van der Waals surface area contributed by atoms with E-state index in [0.717, 1.165) is 38.9 Å². The van der Waals surface area contributed by atoms with Crippen molar-refractivity contribution < 1.29 is 0 Å². The lowest BCUT2D eigenvalue weighted by molar-refractivity contribution is 1.08. The molecule has 4 nitrogen and oxygen atoms in total. The van der Waals surface area contributed by atoms with Crippen molar-refractivity contribution in [3.63, 3.8) is 0 Å². The van der Waals surface area contributed by atoms with Gasteiger partial charge in [-0.25, -0.2) is 15.0 Å². The number of rotatable bonds is 5. The molecule has 0 fully saturated rings. The van der Waals surface area contributed by atoms with Crippen molar-refractivity contribution in [2.24, 2.45) is 0 Å². The summed E-state index contributed by atoms with van der Waals surface area (Å²) < 4.78 is 2.40. The highest BCUT2D eigenvalue weighted by Gasteiger charge is 2.21. The van der Waals surface area contributed by atoms with Gasteiger partial charge in [0.25, 0.3) is 0 Å². The molecular formula is C45H28N4. The summed E-state index contributed by atoms with van der Waals surface area (Å²) in [5, 5.41) is 4.82. The van der Waals surface area contributed by atoms with Crippen LogP contribution in [0.2, 0.25) is 0 Å². The fourth-order valence-corrected chi connectivity index (χ4v) is 7.42. The minimum atomic E-state index is 0.640. The van der Waals surface area contributed by atoms with Gasteiger partial charge in [0.2, 0.25) is 0 Å². The maximum atomic E-state index is 5.28. The van der Waals surface area contributed by atoms with E-state index in [2.05, 4.69) is 162 Å². The van der Waals surface area contributed by atoms with E-state index in [1.807, 2.05) is 12.1 Å². The highest BCUT2D eigenvalue weighted by molar-refractivity contribution is 6.24. The largest absolute Gasteiger partial charge is 0.308 e. The molecule has 0 aliphatic carbocycles. The monoisotopic (exact) mass is 624 g/mol. The first kappa shape index (κ1) is 27.5. The lowest BCUT2D eigenvalue weighted by atomic mass is 9.98. The average Bonchev–Trinajstić information content (AvgIpc) is 3.70. The van der Waals surface area contributed by atoms with Crippen molar-refractivity contribution >= 4 is 38.1 Å². The summed E-state index contributed by atoms with van der Waals surface area (Å²) >= 11 is 0. The van der Waals surface area contributed by atoms with Crippen molar-refractivity contribution in [1.82, 2.24) is 19.4 Å². The van der Waals surface area contributed by atoms with Gasteiger partial charge in [0.1, 0.15) is 0 Å². The van der Waals surface area contributed by atoms with Crippen molar-refractivity contribution in [3.8, 4) is 56.4 Å². The second-order valence-corrected chi connectivity index (χ2v) is 12.4. The molecule has 0 atom stereocenters. The van der Waals surface area contributed by atoms with Gasteiger partial charge in [0.15, 0.2) is 17.5 Å². The summed E-state index contributed by atoms with van der Waals surface area (Å²) in [6, 6.07) is 59.5. The van der Waals surface area contributed by atoms with Crippen molar-refractivity contribution in [2.45, 2.75) is 0 Å². The van der Waals surface area contributed by atoms with Crippen LogP contribution < -0.4 is 0 Å². The zero-order chi connectivity index (χ0) is 32.3. The second kappa shape index (κ2) is 11.0. The molecule has 10 rings (SSSR count). The fourth-order valence-electron chi connectivity index (χ4n) is 7.42. The first-order valence-corrected chi connectivity index (χ1v) is 16.5.